The van der Waals surface area contributed by atoms with Crippen molar-refractivity contribution < 1.29 is 9.59 Å². The average molecular weight is 621 g/mol. The van der Waals surface area contributed by atoms with Gasteiger partial charge in [-0.1, -0.05) is 46.4 Å². The molecule has 2 aliphatic heterocycles. The first-order chi connectivity index (χ1) is 19.2. The predicted molar refractivity (Wildman–Crippen MR) is 154 cm³/mol. The van der Waals surface area contributed by atoms with Crippen LogP contribution in [0.5, 0.6) is 0 Å². The number of carbonyl (C=O) groups is 2. The average Bonchev–Trinajstić information content (AvgIpc) is 3.43. The third kappa shape index (κ3) is 4.89. The lowest BCUT2D eigenvalue weighted by Gasteiger charge is -2.33. The van der Waals surface area contributed by atoms with Crippen LogP contribution in [0.4, 0.5) is 0 Å². The molecule has 5 heterocycles. The van der Waals surface area contributed by atoms with Crippen LogP contribution in [-0.4, -0.2) is 65.8 Å². The first-order valence-corrected chi connectivity index (χ1v) is 14.8. The van der Waals surface area contributed by atoms with Gasteiger partial charge < -0.3 is 9.80 Å². The molecule has 4 aromatic rings. The summed E-state index contributed by atoms with van der Waals surface area (Å²) in [5, 5.41) is 9.81. The summed E-state index contributed by atoms with van der Waals surface area (Å²) >= 11 is 19.7. The van der Waals surface area contributed by atoms with Crippen LogP contribution >= 0.6 is 46.1 Å². The summed E-state index contributed by atoms with van der Waals surface area (Å²) in [4.78, 5) is 48.8. The molecule has 0 spiro atoms. The summed E-state index contributed by atoms with van der Waals surface area (Å²) in [6, 6.07) is 3.12. The number of nitrogens with zero attached hydrogens (tertiary/aromatic N) is 7. The van der Waals surface area contributed by atoms with Crippen LogP contribution in [0.1, 0.15) is 46.0 Å². The Bertz CT molecular complexity index is 1730. The molecule has 6 rings (SSSR count). The normalized spacial score (nSPS) is 15.9. The Labute approximate surface area is 248 Å². The van der Waals surface area contributed by atoms with E-state index in [9.17, 15) is 14.4 Å². The monoisotopic (exact) mass is 619 g/mol. The number of aromatic nitrogens is 5. The molecule has 0 radical (unpaired) electrons. The number of aryl methyl sites for hydroxylation is 2. The number of piperazine rings is 1. The number of halogens is 3. The number of amides is 2. The first kappa shape index (κ1) is 27.2. The Morgan fingerprint density at radius 1 is 1.02 bits per heavy atom. The van der Waals surface area contributed by atoms with Gasteiger partial charge in [-0.3, -0.25) is 19.0 Å². The van der Waals surface area contributed by atoms with Gasteiger partial charge in [-0.05, 0) is 37.5 Å². The minimum absolute atomic E-state index is 0.0673. The number of thiophene rings is 1. The maximum absolute atomic E-state index is 13.5. The molecule has 2 aliphatic rings. The summed E-state index contributed by atoms with van der Waals surface area (Å²) in [6.07, 6.45) is 5.45. The van der Waals surface area contributed by atoms with Gasteiger partial charge in [0.05, 0.1) is 43.8 Å². The molecule has 1 aromatic carbocycles. The van der Waals surface area contributed by atoms with Crippen LogP contribution in [0.15, 0.2) is 23.1 Å². The van der Waals surface area contributed by atoms with Crippen molar-refractivity contribution in [1.82, 2.24) is 34.3 Å². The molecule has 208 valence electrons. The zero-order chi connectivity index (χ0) is 28.1. The third-order valence-corrected chi connectivity index (χ3v) is 9.54. The second kappa shape index (κ2) is 10.8. The highest BCUT2D eigenvalue weighted by molar-refractivity contribution is 7.20. The Morgan fingerprint density at radius 2 is 1.82 bits per heavy atom. The van der Waals surface area contributed by atoms with Crippen molar-refractivity contribution in [2.75, 3.05) is 19.6 Å². The summed E-state index contributed by atoms with van der Waals surface area (Å²) < 4.78 is 3.24. The number of fused-ring (bicyclic) bond motifs is 2. The van der Waals surface area contributed by atoms with Gasteiger partial charge >= 0.3 is 0 Å². The summed E-state index contributed by atoms with van der Waals surface area (Å²) in [6.45, 7) is 3.30. The summed E-state index contributed by atoms with van der Waals surface area (Å²) in [5.41, 5.74) is 1.63. The van der Waals surface area contributed by atoms with E-state index in [-0.39, 0.29) is 30.5 Å². The molecule has 0 N–H and O–H groups in total. The van der Waals surface area contributed by atoms with Crippen molar-refractivity contribution in [3.63, 3.8) is 0 Å². The highest BCUT2D eigenvalue weighted by Crippen LogP contribution is 2.32. The van der Waals surface area contributed by atoms with Gasteiger partial charge in [0.2, 0.25) is 5.91 Å². The van der Waals surface area contributed by atoms with Crippen LogP contribution in [0.25, 0.3) is 15.9 Å². The Kier molecular flexibility index (Phi) is 7.32. The topological polar surface area (TPSA) is 106 Å². The quantitative estimate of drug-likeness (QED) is 0.311. The Hall–Kier alpha value is -2.99. The second-order valence-corrected chi connectivity index (χ2v) is 12.2. The highest BCUT2D eigenvalue weighted by Gasteiger charge is 2.31. The van der Waals surface area contributed by atoms with E-state index >= 15 is 0 Å². The number of rotatable bonds is 4. The van der Waals surface area contributed by atoms with Crippen molar-refractivity contribution in [1.29, 1.82) is 0 Å². The lowest BCUT2D eigenvalue weighted by Crippen LogP contribution is -2.51. The fraction of sp³-hybridized carbons (Fsp3) is 0.385. The molecular formula is C26H24Cl3N7O3S. The number of carbonyl (C=O) groups excluding carboxylic acids is 2. The minimum atomic E-state index is -0.256. The van der Waals surface area contributed by atoms with E-state index in [1.54, 1.807) is 28.7 Å². The van der Waals surface area contributed by atoms with Gasteiger partial charge in [0.15, 0.2) is 0 Å². The van der Waals surface area contributed by atoms with Crippen molar-refractivity contribution in [3.05, 3.63) is 65.7 Å². The van der Waals surface area contributed by atoms with Crippen molar-refractivity contribution in [2.24, 2.45) is 0 Å². The molecule has 2 amide bonds. The number of benzene rings is 1. The fourth-order valence-corrected chi connectivity index (χ4v) is 6.96. The minimum Gasteiger partial charge on any atom is -0.333 e. The molecule has 0 bridgehead atoms. The Balaban J connectivity index is 1.17. The van der Waals surface area contributed by atoms with Gasteiger partial charge in [-0.15, -0.1) is 16.4 Å². The van der Waals surface area contributed by atoms with Crippen molar-refractivity contribution in [3.8, 4) is 5.69 Å². The fourth-order valence-electron chi connectivity index (χ4n) is 5.18. The molecule has 0 unspecified atom stereocenters. The summed E-state index contributed by atoms with van der Waals surface area (Å²) in [7, 11) is 0. The molecule has 14 heteroatoms. The Morgan fingerprint density at radius 3 is 2.62 bits per heavy atom. The van der Waals surface area contributed by atoms with E-state index in [0.717, 1.165) is 31.5 Å². The maximum atomic E-state index is 13.5. The standard InChI is InChI=1S/C26H24Cl3N7O3S/c1-14-22-24(30-20-5-3-2-4-6-35(20)25(22)38)40-23(14)26(39)34-8-7-33(21(37)13-34)11-15-12-36(32-31-15)19-10-17(28)16(27)9-18(19)29/h9-10,12H,2-8,11,13H2,1H3. The van der Waals surface area contributed by atoms with Crippen LogP contribution in [0.3, 0.4) is 0 Å². The number of hydrogen-bond acceptors (Lipinski definition) is 7. The van der Waals surface area contributed by atoms with Crippen molar-refractivity contribution >= 4 is 68.2 Å². The molecule has 1 saturated heterocycles. The van der Waals surface area contributed by atoms with Crippen LogP contribution in [0.2, 0.25) is 15.1 Å². The van der Waals surface area contributed by atoms with Crippen molar-refractivity contribution in [2.45, 2.75) is 45.7 Å². The summed E-state index contributed by atoms with van der Waals surface area (Å²) in [5.74, 6) is 0.330. The third-order valence-electron chi connectivity index (χ3n) is 7.34. The molecule has 10 nitrogen and oxygen atoms in total. The van der Waals surface area contributed by atoms with E-state index in [4.69, 9.17) is 39.8 Å². The smallest absolute Gasteiger partial charge is 0.264 e. The van der Waals surface area contributed by atoms with E-state index in [1.165, 1.54) is 27.0 Å². The van der Waals surface area contributed by atoms with Crippen LogP contribution < -0.4 is 5.56 Å². The van der Waals surface area contributed by atoms with E-state index in [2.05, 4.69) is 10.3 Å². The van der Waals surface area contributed by atoms with Gasteiger partial charge in [0, 0.05) is 26.1 Å². The van der Waals surface area contributed by atoms with Crippen LogP contribution in [0, 0.1) is 6.92 Å². The van der Waals surface area contributed by atoms with Crippen LogP contribution in [-0.2, 0) is 24.3 Å². The molecular weight excluding hydrogens is 597 g/mol. The van der Waals surface area contributed by atoms with Gasteiger partial charge in [0.25, 0.3) is 11.5 Å². The lowest BCUT2D eigenvalue weighted by atomic mass is 10.2. The first-order valence-electron chi connectivity index (χ1n) is 12.9. The van der Waals surface area contributed by atoms with Gasteiger partial charge in [-0.25, -0.2) is 9.67 Å². The number of hydrogen-bond donors (Lipinski definition) is 0. The van der Waals surface area contributed by atoms with E-state index in [1.807, 2.05) is 0 Å². The lowest BCUT2D eigenvalue weighted by molar-refractivity contribution is -0.135. The van der Waals surface area contributed by atoms with E-state index < -0.39 is 0 Å². The predicted octanol–water partition coefficient (Wildman–Crippen LogP) is 4.52. The largest absolute Gasteiger partial charge is 0.333 e. The molecule has 0 atom stereocenters. The zero-order valence-corrected chi connectivity index (χ0v) is 24.6. The van der Waals surface area contributed by atoms with Gasteiger partial charge in [-0.2, -0.15) is 0 Å². The van der Waals surface area contributed by atoms with Gasteiger partial charge in [0.1, 0.15) is 22.9 Å². The van der Waals surface area contributed by atoms with E-state index in [0.29, 0.717) is 66.7 Å². The second-order valence-electron chi connectivity index (χ2n) is 9.95. The molecule has 0 aliphatic carbocycles. The maximum Gasteiger partial charge on any atom is 0.264 e. The molecule has 0 saturated carbocycles. The SMILES string of the molecule is Cc1c(C(=O)N2CCN(Cc3cn(-c4cc(Cl)c(Cl)cc4Cl)nn3)C(=O)C2)sc2nc3n(c(=O)c12)CCCCC3. The highest BCUT2D eigenvalue weighted by atomic mass is 35.5. The molecule has 3 aromatic heterocycles. The molecule has 1 fully saturated rings. The zero-order valence-electron chi connectivity index (χ0n) is 21.5. The molecule has 40 heavy (non-hydrogen) atoms.